The molecule has 4 nitrogen and oxygen atoms in total. The molecule has 5 heteroatoms. The van der Waals surface area contributed by atoms with Crippen molar-refractivity contribution in [2.45, 2.75) is 25.7 Å². The van der Waals surface area contributed by atoms with E-state index < -0.39 is 0 Å². The Morgan fingerprint density at radius 1 is 1.50 bits per heavy atom. The lowest BCUT2D eigenvalue weighted by molar-refractivity contribution is 1.02. The summed E-state index contributed by atoms with van der Waals surface area (Å²) < 4.78 is 0. The summed E-state index contributed by atoms with van der Waals surface area (Å²) >= 11 is 1.70. The smallest absolute Gasteiger partial charge is 0.184 e. The summed E-state index contributed by atoms with van der Waals surface area (Å²) in [6.45, 7) is 2.13. The Kier molecular flexibility index (Phi) is 1.67. The number of hydrogen-bond donors (Lipinski definition) is 1. The van der Waals surface area contributed by atoms with Gasteiger partial charge < -0.3 is 0 Å². The molecular formula is C9H10N4S. The molecule has 0 aromatic carbocycles. The van der Waals surface area contributed by atoms with E-state index in [1.54, 1.807) is 11.3 Å². The molecule has 2 heterocycles. The second-order valence-corrected chi connectivity index (χ2v) is 4.77. The van der Waals surface area contributed by atoms with Crippen LogP contribution in [-0.4, -0.2) is 20.2 Å². The van der Waals surface area contributed by atoms with Crippen LogP contribution in [0.4, 0.5) is 0 Å². The van der Waals surface area contributed by atoms with Crippen molar-refractivity contribution in [1.82, 2.24) is 20.2 Å². The van der Waals surface area contributed by atoms with Gasteiger partial charge in [-0.3, -0.25) is 5.10 Å². The van der Waals surface area contributed by atoms with Crippen molar-refractivity contribution in [2.24, 2.45) is 0 Å². The van der Waals surface area contributed by atoms with Crippen LogP contribution in [0.2, 0.25) is 0 Å². The third-order valence-corrected chi connectivity index (χ3v) is 3.41. The third-order valence-electron chi connectivity index (χ3n) is 2.41. The average Bonchev–Trinajstić information content (AvgIpc) is 2.75. The summed E-state index contributed by atoms with van der Waals surface area (Å²) in [5, 5.41) is 7.63. The molecule has 0 atom stereocenters. The largest absolute Gasteiger partial charge is 0.257 e. The number of thiazole rings is 1. The molecule has 72 valence electrons. The van der Waals surface area contributed by atoms with Crippen LogP contribution in [0.1, 0.15) is 29.3 Å². The maximum atomic E-state index is 4.60. The maximum Gasteiger partial charge on any atom is 0.184 e. The molecule has 1 saturated carbocycles. The molecule has 0 bridgehead atoms. The zero-order chi connectivity index (χ0) is 9.54. The van der Waals surface area contributed by atoms with Crippen LogP contribution in [0.25, 0.3) is 10.8 Å². The van der Waals surface area contributed by atoms with Gasteiger partial charge in [0.15, 0.2) is 10.8 Å². The van der Waals surface area contributed by atoms with E-state index in [0.717, 1.165) is 10.8 Å². The van der Waals surface area contributed by atoms with Gasteiger partial charge in [0.1, 0.15) is 6.33 Å². The van der Waals surface area contributed by atoms with E-state index in [4.69, 9.17) is 0 Å². The number of aryl methyl sites for hydroxylation is 1. The number of aromatic nitrogens is 4. The fourth-order valence-corrected chi connectivity index (χ4v) is 2.50. The molecule has 1 aliphatic rings. The molecule has 14 heavy (non-hydrogen) atoms. The van der Waals surface area contributed by atoms with E-state index in [-0.39, 0.29) is 0 Å². The van der Waals surface area contributed by atoms with Crippen molar-refractivity contribution in [1.29, 1.82) is 0 Å². The van der Waals surface area contributed by atoms with Gasteiger partial charge in [0.05, 0.1) is 5.69 Å². The minimum atomic E-state index is 0.711. The molecule has 2 aromatic heterocycles. The first-order valence-electron chi connectivity index (χ1n) is 4.67. The van der Waals surface area contributed by atoms with Gasteiger partial charge in [-0.2, -0.15) is 5.10 Å². The van der Waals surface area contributed by atoms with Crippen molar-refractivity contribution in [3.05, 3.63) is 16.9 Å². The topological polar surface area (TPSA) is 54.5 Å². The molecule has 3 rings (SSSR count). The van der Waals surface area contributed by atoms with Crippen LogP contribution in [-0.2, 0) is 0 Å². The molecule has 2 aromatic rings. The number of aromatic amines is 1. The number of nitrogens with zero attached hydrogens (tertiary/aromatic N) is 3. The Hall–Kier alpha value is -1.23. The summed E-state index contributed by atoms with van der Waals surface area (Å²) in [6.07, 6.45) is 4.10. The second-order valence-electron chi connectivity index (χ2n) is 3.57. The van der Waals surface area contributed by atoms with Crippen LogP contribution in [0.15, 0.2) is 6.33 Å². The summed E-state index contributed by atoms with van der Waals surface area (Å²) in [6, 6.07) is 0. The molecule has 1 N–H and O–H groups in total. The lowest BCUT2D eigenvalue weighted by Gasteiger charge is -1.89. The maximum absolute atomic E-state index is 4.60. The molecule has 1 aliphatic carbocycles. The molecule has 0 amide bonds. The van der Waals surface area contributed by atoms with Crippen LogP contribution in [0, 0.1) is 6.92 Å². The first kappa shape index (κ1) is 8.11. The first-order valence-corrected chi connectivity index (χ1v) is 5.49. The molecular weight excluding hydrogens is 196 g/mol. The van der Waals surface area contributed by atoms with Crippen LogP contribution in [0.5, 0.6) is 0 Å². The number of rotatable bonds is 2. The number of H-pyrrole nitrogens is 1. The van der Waals surface area contributed by atoms with Crippen LogP contribution < -0.4 is 0 Å². The van der Waals surface area contributed by atoms with Gasteiger partial charge in [-0.05, 0) is 19.8 Å². The number of nitrogens with one attached hydrogen (secondary N) is 1. The highest BCUT2D eigenvalue weighted by Gasteiger charge is 2.28. The van der Waals surface area contributed by atoms with Gasteiger partial charge in [-0.1, -0.05) is 0 Å². The highest BCUT2D eigenvalue weighted by Crippen LogP contribution is 2.43. The number of hydrogen-bond acceptors (Lipinski definition) is 4. The molecule has 1 fully saturated rings. The van der Waals surface area contributed by atoms with E-state index in [1.165, 1.54) is 29.7 Å². The van der Waals surface area contributed by atoms with E-state index in [2.05, 4.69) is 27.1 Å². The van der Waals surface area contributed by atoms with E-state index in [9.17, 15) is 0 Å². The predicted molar refractivity (Wildman–Crippen MR) is 54.2 cm³/mol. The summed E-state index contributed by atoms with van der Waals surface area (Å²) in [4.78, 5) is 10.0. The molecule has 0 saturated heterocycles. The Morgan fingerprint density at radius 3 is 3.00 bits per heavy atom. The second kappa shape index (κ2) is 2.88. The summed E-state index contributed by atoms with van der Waals surface area (Å²) in [7, 11) is 0. The van der Waals surface area contributed by atoms with Crippen molar-refractivity contribution in [3.8, 4) is 10.8 Å². The van der Waals surface area contributed by atoms with Crippen LogP contribution in [0.3, 0.4) is 0 Å². The summed E-state index contributed by atoms with van der Waals surface area (Å²) in [5.41, 5.74) is 1.27. The van der Waals surface area contributed by atoms with Gasteiger partial charge in [-0.15, -0.1) is 11.3 Å². The highest BCUT2D eigenvalue weighted by atomic mass is 32.1. The van der Waals surface area contributed by atoms with Gasteiger partial charge in [0.25, 0.3) is 0 Å². The lowest BCUT2D eigenvalue weighted by atomic mass is 10.3. The van der Waals surface area contributed by atoms with Crippen molar-refractivity contribution >= 4 is 11.3 Å². The quantitative estimate of drug-likeness (QED) is 0.818. The van der Waals surface area contributed by atoms with Gasteiger partial charge in [-0.25, -0.2) is 9.97 Å². The normalized spacial score (nSPS) is 16.1. The highest BCUT2D eigenvalue weighted by molar-refractivity contribution is 7.15. The minimum absolute atomic E-state index is 0.711. The fourth-order valence-electron chi connectivity index (χ4n) is 1.55. The Balaban J connectivity index is 2.03. The van der Waals surface area contributed by atoms with Gasteiger partial charge in [0, 0.05) is 10.8 Å². The molecule has 0 spiro atoms. The Labute approximate surface area is 85.4 Å². The SMILES string of the molecule is Cc1sc(-c2ncn[nH]2)nc1C1CC1. The van der Waals surface area contributed by atoms with E-state index in [0.29, 0.717) is 5.92 Å². The van der Waals surface area contributed by atoms with Crippen LogP contribution >= 0.6 is 11.3 Å². The van der Waals surface area contributed by atoms with Crippen molar-refractivity contribution in [2.75, 3.05) is 0 Å². The Bertz CT molecular complexity index is 441. The average molecular weight is 206 g/mol. The van der Waals surface area contributed by atoms with Gasteiger partial charge >= 0.3 is 0 Å². The monoisotopic (exact) mass is 206 g/mol. The third kappa shape index (κ3) is 1.24. The minimum Gasteiger partial charge on any atom is -0.257 e. The summed E-state index contributed by atoms with van der Waals surface area (Å²) in [5.74, 6) is 1.49. The van der Waals surface area contributed by atoms with Gasteiger partial charge in [0.2, 0.25) is 0 Å². The molecule has 0 unspecified atom stereocenters. The fraction of sp³-hybridized carbons (Fsp3) is 0.444. The van der Waals surface area contributed by atoms with E-state index in [1.807, 2.05) is 0 Å². The van der Waals surface area contributed by atoms with E-state index >= 15 is 0 Å². The van der Waals surface area contributed by atoms with Crippen molar-refractivity contribution in [3.63, 3.8) is 0 Å². The first-order chi connectivity index (χ1) is 6.84. The molecule has 0 radical (unpaired) electrons. The standard InChI is InChI=1S/C9H10N4S/c1-5-7(6-2-3-6)12-9(14-5)8-10-4-11-13-8/h4,6H,2-3H2,1H3,(H,10,11,13). The predicted octanol–water partition coefficient (Wildman–Crippen LogP) is 2.11. The zero-order valence-electron chi connectivity index (χ0n) is 7.82. The molecule has 0 aliphatic heterocycles. The van der Waals surface area contributed by atoms with Crippen molar-refractivity contribution < 1.29 is 0 Å². The lowest BCUT2D eigenvalue weighted by Crippen LogP contribution is -1.83. The zero-order valence-corrected chi connectivity index (χ0v) is 8.64. The Morgan fingerprint density at radius 2 is 2.36 bits per heavy atom.